The first kappa shape index (κ1) is 11.3. The molecule has 1 fully saturated rings. The number of aromatic nitrogens is 1. The molecule has 0 amide bonds. The molecule has 1 aliphatic rings. The zero-order valence-electron chi connectivity index (χ0n) is 8.69. The van der Waals surface area contributed by atoms with Gasteiger partial charge >= 0.3 is 0 Å². The summed E-state index contributed by atoms with van der Waals surface area (Å²) in [7, 11) is 0. The van der Waals surface area contributed by atoms with Crippen LogP contribution in [-0.4, -0.2) is 34.2 Å². The van der Waals surface area contributed by atoms with Gasteiger partial charge in [0.05, 0.1) is 24.2 Å². The lowest BCUT2D eigenvalue weighted by Crippen LogP contribution is -2.21. The Morgan fingerprint density at radius 3 is 3.00 bits per heavy atom. The van der Waals surface area contributed by atoms with Gasteiger partial charge in [-0.05, 0) is 5.92 Å². The first-order valence-corrected chi connectivity index (χ1v) is 6.50. The van der Waals surface area contributed by atoms with Crippen molar-refractivity contribution < 1.29 is 5.11 Å². The smallest absolute Gasteiger partial charge is 0.107 e. The molecule has 1 saturated heterocycles. The van der Waals surface area contributed by atoms with Gasteiger partial charge in [-0.2, -0.15) is 0 Å². The Balaban J connectivity index is 1.92. The van der Waals surface area contributed by atoms with Crippen LogP contribution in [0.2, 0.25) is 0 Å². The molecule has 1 aromatic rings. The van der Waals surface area contributed by atoms with Crippen molar-refractivity contribution in [1.29, 1.82) is 0 Å². The maximum Gasteiger partial charge on any atom is 0.107 e. The van der Waals surface area contributed by atoms with E-state index in [-0.39, 0.29) is 6.10 Å². The predicted molar refractivity (Wildman–Crippen MR) is 62.1 cm³/mol. The highest BCUT2D eigenvalue weighted by atomic mass is 35.5. The molecule has 2 rings (SSSR count). The van der Waals surface area contributed by atoms with E-state index in [4.69, 9.17) is 11.6 Å². The van der Waals surface area contributed by atoms with Crippen LogP contribution in [0.3, 0.4) is 0 Å². The first-order valence-electron chi connectivity index (χ1n) is 5.08. The third-order valence-electron chi connectivity index (χ3n) is 2.74. The molecule has 15 heavy (non-hydrogen) atoms. The second kappa shape index (κ2) is 4.78. The average molecular weight is 247 g/mol. The molecular weight excluding hydrogens is 232 g/mol. The number of nitrogens with zero attached hydrogens (tertiary/aromatic N) is 2. The van der Waals surface area contributed by atoms with E-state index in [0.29, 0.717) is 11.8 Å². The van der Waals surface area contributed by atoms with Gasteiger partial charge in [0.15, 0.2) is 0 Å². The molecule has 0 aliphatic carbocycles. The minimum absolute atomic E-state index is 0.183. The summed E-state index contributed by atoms with van der Waals surface area (Å²) in [6.07, 6.45) is -0.183. The fourth-order valence-corrected chi connectivity index (χ4v) is 2.91. The van der Waals surface area contributed by atoms with Gasteiger partial charge < -0.3 is 5.11 Å². The van der Waals surface area contributed by atoms with Crippen LogP contribution in [0.4, 0.5) is 0 Å². The number of hydrogen-bond acceptors (Lipinski definition) is 4. The molecular formula is C10H15ClN2OS. The molecule has 0 radical (unpaired) electrons. The van der Waals surface area contributed by atoms with E-state index in [9.17, 15) is 5.11 Å². The second-order valence-corrected chi connectivity index (χ2v) is 5.31. The molecule has 0 saturated carbocycles. The first-order chi connectivity index (χ1) is 7.19. The summed E-state index contributed by atoms with van der Waals surface area (Å²) < 4.78 is 0. The van der Waals surface area contributed by atoms with E-state index in [1.54, 1.807) is 11.3 Å². The lowest BCUT2D eigenvalue weighted by molar-refractivity contribution is 0.147. The summed E-state index contributed by atoms with van der Waals surface area (Å²) in [6.45, 7) is 4.63. The van der Waals surface area contributed by atoms with E-state index >= 15 is 0 Å². The number of thiazole rings is 1. The number of likely N-dealkylation sites (tertiary alicyclic amines) is 1. The van der Waals surface area contributed by atoms with Gasteiger partial charge in [0.25, 0.3) is 0 Å². The second-order valence-electron chi connectivity index (χ2n) is 4.10. The lowest BCUT2D eigenvalue weighted by atomic mass is 10.1. The van der Waals surface area contributed by atoms with Gasteiger partial charge in [0, 0.05) is 18.5 Å². The van der Waals surface area contributed by atoms with Crippen LogP contribution in [0.25, 0.3) is 0 Å². The fraction of sp³-hybridized carbons (Fsp3) is 0.700. The van der Waals surface area contributed by atoms with E-state index in [1.165, 1.54) is 0 Å². The number of β-amino-alcohol motifs (C(OH)–C–C–N with tert-alkyl or cyclic N) is 1. The van der Waals surface area contributed by atoms with Crippen LogP contribution in [0, 0.1) is 5.92 Å². The van der Waals surface area contributed by atoms with Crippen molar-refractivity contribution in [3.05, 3.63) is 16.1 Å². The topological polar surface area (TPSA) is 36.4 Å². The van der Waals surface area contributed by atoms with Crippen molar-refractivity contribution in [2.45, 2.75) is 25.5 Å². The van der Waals surface area contributed by atoms with Gasteiger partial charge in [-0.1, -0.05) is 6.92 Å². The summed E-state index contributed by atoms with van der Waals surface area (Å²) in [5.74, 6) is 0.854. The summed E-state index contributed by atoms with van der Waals surface area (Å²) in [6, 6.07) is 0. The number of halogens is 1. The number of aliphatic hydroxyl groups excluding tert-OH is 1. The Morgan fingerprint density at radius 2 is 2.47 bits per heavy atom. The van der Waals surface area contributed by atoms with E-state index in [2.05, 4.69) is 16.8 Å². The van der Waals surface area contributed by atoms with Crippen LogP contribution in [-0.2, 0) is 12.4 Å². The summed E-state index contributed by atoms with van der Waals surface area (Å²) in [5.41, 5.74) is 0.949. The predicted octanol–water partition coefficient (Wildman–Crippen LogP) is 1.69. The van der Waals surface area contributed by atoms with Crippen LogP contribution in [0.5, 0.6) is 0 Å². The molecule has 3 nitrogen and oxygen atoms in total. The van der Waals surface area contributed by atoms with Crippen LogP contribution < -0.4 is 0 Å². The van der Waals surface area contributed by atoms with Gasteiger partial charge in [0.1, 0.15) is 5.01 Å². The maximum absolute atomic E-state index is 9.62. The highest BCUT2D eigenvalue weighted by Gasteiger charge is 2.27. The van der Waals surface area contributed by atoms with Crippen molar-refractivity contribution in [2.75, 3.05) is 13.1 Å². The number of rotatable bonds is 3. The zero-order chi connectivity index (χ0) is 10.8. The molecule has 1 N–H and O–H groups in total. The fourth-order valence-electron chi connectivity index (χ4n) is 1.85. The van der Waals surface area contributed by atoms with Gasteiger partial charge in [-0.15, -0.1) is 22.9 Å². The average Bonchev–Trinajstić information content (AvgIpc) is 2.76. The Bertz CT molecular complexity index is 321. The van der Waals surface area contributed by atoms with Crippen LogP contribution in [0.1, 0.15) is 17.6 Å². The molecule has 1 aliphatic heterocycles. The molecule has 2 heterocycles. The van der Waals surface area contributed by atoms with Crippen molar-refractivity contribution >= 4 is 22.9 Å². The van der Waals surface area contributed by atoms with Gasteiger partial charge in [-0.25, -0.2) is 4.98 Å². The highest BCUT2D eigenvalue weighted by Crippen LogP contribution is 2.20. The van der Waals surface area contributed by atoms with Gasteiger partial charge in [0.2, 0.25) is 0 Å². The molecule has 2 atom stereocenters. The summed E-state index contributed by atoms with van der Waals surface area (Å²) >= 11 is 7.34. The van der Waals surface area contributed by atoms with E-state index in [1.807, 2.05) is 5.38 Å². The van der Waals surface area contributed by atoms with E-state index < -0.39 is 0 Å². The Hall–Kier alpha value is -0.160. The Labute approximate surface area is 98.7 Å². The molecule has 2 unspecified atom stereocenters. The summed E-state index contributed by atoms with van der Waals surface area (Å²) in [4.78, 5) is 6.65. The van der Waals surface area contributed by atoms with Crippen molar-refractivity contribution in [3.63, 3.8) is 0 Å². The lowest BCUT2D eigenvalue weighted by Gasteiger charge is -2.12. The number of hydrogen-bond donors (Lipinski definition) is 1. The number of aliphatic hydroxyl groups is 1. The molecule has 0 spiro atoms. The SMILES string of the molecule is CC1CN(Cc2nc(CCl)cs2)CC1O. The normalized spacial score (nSPS) is 27.4. The Morgan fingerprint density at radius 1 is 1.67 bits per heavy atom. The third kappa shape index (κ3) is 2.69. The van der Waals surface area contributed by atoms with Gasteiger partial charge in [-0.3, -0.25) is 4.90 Å². The van der Waals surface area contributed by atoms with E-state index in [0.717, 1.165) is 30.3 Å². The van der Waals surface area contributed by atoms with Crippen molar-refractivity contribution in [3.8, 4) is 0 Å². The summed E-state index contributed by atoms with van der Waals surface area (Å²) in [5, 5.41) is 12.7. The van der Waals surface area contributed by atoms with Crippen molar-refractivity contribution in [1.82, 2.24) is 9.88 Å². The minimum Gasteiger partial charge on any atom is -0.391 e. The highest BCUT2D eigenvalue weighted by molar-refractivity contribution is 7.09. The monoisotopic (exact) mass is 246 g/mol. The molecule has 1 aromatic heterocycles. The molecule has 0 aromatic carbocycles. The van der Waals surface area contributed by atoms with Crippen LogP contribution in [0.15, 0.2) is 5.38 Å². The van der Waals surface area contributed by atoms with Crippen molar-refractivity contribution in [2.24, 2.45) is 5.92 Å². The number of alkyl halides is 1. The molecule has 5 heteroatoms. The molecule has 84 valence electrons. The van der Waals surface area contributed by atoms with Crippen LogP contribution >= 0.6 is 22.9 Å². The molecule has 0 bridgehead atoms. The quantitative estimate of drug-likeness (QED) is 0.825. The zero-order valence-corrected chi connectivity index (χ0v) is 10.3. The maximum atomic E-state index is 9.62. The Kier molecular flexibility index (Phi) is 3.61. The largest absolute Gasteiger partial charge is 0.391 e. The third-order valence-corrected chi connectivity index (χ3v) is 3.90. The minimum atomic E-state index is -0.183. The standard InChI is InChI=1S/C10H15ClN2OS/c1-7-3-13(4-9(7)14)5-10-12-8(2-11)6-15-10/h6-7,9,14H,2-5H2,1H3.